The molecule has 0 bridgehead atoms. The predicted octanol–water partition coefficient (Wildman–Crippen LogP) is 3.60. The van der Waals surface area contributed by atoms with Crippen molar-refractivity contribution in [1.29, 1.82) is 0 Å². The number of hydrogen-bond acceptors (Lipinski definition) is 3. The Hall–Kier alpha value is -1.58. The minimum atomic E-state index is -0.0639. The molecule has 0 spiro atoms. The number of hydrogen-bond donors (Lipinski definition) is 2. The van der Waals surface area contributed by atoms with Crippen LogP contribution in [0.5, 0.6) is 0 Å². The van der Waals surface area contributed by atoms with E-state index in [0.717, 1.165) is 37.5 Å². The zero-order chi connectivity index (χ0) is 14.9. The molecule has 0 unspecified atom stereocenters. The fourth-order valence-corrected chi connectivity index (χ4v) is 2.89. The van der Waals surface area contributed by atoms with Crippen LogP contribution in [0.4, 0.5) is 5.69 Å². The van der Waals surface area contributed by atoms with Gasteiger partial charge in [0, 0.05) is 25.0 Å². The van der Waals surface area contributed by atoms with Gasteiger partial charge < -0.3 is 10.6 Å². The van der Waals surface area contributed by atoms with Crippen molar-refractivity contribution >= 4 is 11.6 Å². The van der Waals surface area contributed by atoms with Gasteiger partial charge in [0.15, 0.2) is 0 Å². The van der Waals surface area contributed by atoms with Crippen molar-refractivity contribution in [2.24, 2.45) is 5.92 Å². The average molecular weight is 289 g/mol. The Kier molecular flexibility index (Phi) is 6.51. The zero-order valence-electron chi connectivity index (χ0n) is 13.0. The van der Waals surface area contributed by atoms with Crippen LogP contribution in [0, 0.1) is 5.92 Å². The lowest BCUT2D eigenvalue weighted by Gasteiger charge is -2.21. The van der Waals surface area contributed by atoms with E-state index >= 15 is 0 Å². The molecular formula is C17H27N3O. The van der Waals surface area contributed by atoms with Crippen LogP contribution in [0.1, 0.15) is 62.4 Å². The number of pyridine rings is 1. The van der Waals surface area contributed by atoms with Crippen LogP contribution >= 0.6 is 0 Å². The van der Waals surface area contributed by atoms with E-state index in [2.05, 4.69) is 22.5 Å². The Bertz CT molecular complexity index is 441. The van der Waals surface area contributed by atoms with Gasteiger partial charge in [-0.2, -0.15) is 0 Å². The molecule has 4 nitrogen and oxygen atoms in total. The Morgan fingerprint density at radius 1 is 1.29 bits per heavy atom. The van der Waals surface area contributed by atoms with Gasteiger partial charge in [0.1, 0.15) is 5.69 Å². The SMILES string of the molecule is CCCNc1ccnc(C(=O)NCCC2CCCCC2)c1. The van der Waals surface area contributed by atoms with Crippen LogP contribution in [-0.4, -0.2) is 24.0 Å². The van der Waals surface area contributed by atoms with Crippen LogP contribution in [0.2, 0.25) is 0 Å². The lowest BCUT2D eigenvalue weighted by Crippen LogP contribution is -2.27. The molecule has 2 N–H and O–H groups in total. The molecule has 116 valence electrons. The summed E-state index contributed by atoms with van der Waals surface area (Å²) in [6, 6.07) is 3.72. The molecule has 0 radical (unpaired) electrons. The average Bonchev–Trinajstić information content (AvgIpc) is 2.54. The smallest absolute Gasteiger partial charge is 0.269 e. The summed E-state index contributed by atoms with van der Waals surface area (Å²) in [5.74, 6) is 0.732. The number of nitrogens with one attached hydrogen (secondary N) is 2. The van der Waals surface area contributed by atoms with Crippen molar-refractivity contribution in [3.63, 3.8) is 0 Å². The molecule has 0 aliphatic heterocycles. The number of amides is 1. The summed E-state index contributed by atoms with van der Waals surface area (Å²) in [6.07, 6.45) is 10.6. The Morgan fingerprint density at radius 3 is 2.86 bits per heavy atom. The van der Waals surface area contributed by atoms with Gasteiger partial charge in [0.25, 0.3) is 5.91 Å². The van der Waals surface area contributed by atoms with Crippen LogP contribution in [0.25, 0.3) is 0 Å². The Morgan fingerprint density at radius 2 is 2.10 bits per heavy atom. The summed E-state index contributed by atoms with van der Waals surface area (Å²) in [4.78, 5) is 16.3. The zero-order valence-corrected chi connectivity index (χ0v) is 13.0. The molecule has 2 rings (SSSR count). The third-order valence-corrected chi connectivity index (χ3v) is 4.13. The fourth-order valence-electron chi connectivity index (χ4n) is 2.89. The highest BCUT2D eigenvalue weighted by molar-refractivity contribution is 5.93. The molecule has 1 amide bonds. The monoisotopic (exact) mass is 289 g/mol. The van der Waals surface area contributed by atoms with Crippen molar-refractivity contribution in [2.75, 3.05) is 18.4 Å². The van der Waals surface area contributed by atoms with Crippen LogP contribution in [-0.2, 0) is 0 Å². The van der Waals surface area contributed by atoms with Crippen LogP contribution in [0.3, 0.4) is 0 Å². The van der Waals surface area contributed by atoms with E-state index in [-0.39, 0.29) is 5.91 Å². The number of carbonyl (C=O) groups is 1. The standard InChI is InChI=1S/C17H27N3O/c1-2-10-18-15-9-12-19-16(13-15)17(21)20-11-8-14-6-4-3-5-7-14/h9,12-14H,2-8,10-11H2,1H3,(H,18,19)(H,20,21). The first-order chi connectivity index (χ1) is 10.3. The number of carbonyl (C=O) groups excluding carboxylic acids is 1. The minimum absolute atomic E-state index is 0.0639. The predicted molar refractivity (Wildman–Crippen MR) is 86.5 cm³/mol. The van der Waals surface area contributed by atoms with Gasteiger partial charge in [-0.25, -0.2) is 0 Å². The van der Waals surface area contributed by atoms with Crippen molar-refractivity contribution in [1.82, 2.24) is 10.3 Å². The molecule has 0 aromatic carbocycles. The summed E-state index contributed by atoms with van der Waals surface area (Å²) >= 11 is 0. The first-order valence-corrected chi connectivity index (χ1v) is 8.27. The van der Waals surface area contributed by atoms with Crippen molar-refractivity contribution in [2.45, 2.75) is 51.9 Å². The summed E-state index contributed by atoms with van der Waals surface area (Å²) in [7, 11) is 0. The number of rotatable bonds is 7. The largest absolute Gasteiger partial charge is 0.385 e. The molecule has 1 fully saturated rings. The van der Waals surface area contributed by atoms with Crippen LogP contribution in [0.15, 0.2) is 18.3 Å². The number of nitrogens with zero attached hydrogens (tertiary/aromatic N) is 1. The molecule has 21 heavy (non-hydrogen) atoms. The van der Waals surface area contributed by atoms with E-state index in [1.165, 1.54) is 32.1 Å². The minimum Gasteiger partial charge on any atom is -0.385 e. The van der Waals surface area contributed by atoms with Crippen LogP contribution < -0.4 is 10.6 Å². The maximum atomic E-state index is 12.1. The second-order valence-electron chi connectivity index (χ2n) is 5.91. The third-order valence-electron chi connectivity index (χ3n) is 4.13. The van der Waals surface area contributed by atoms with Crippen molar-refractivity contribution in [3.8, 4) is 0 Å². The lowest BCUT2D eigenvalue weighted by molar-refractivity contribution is 0.0945. The summed E-state index contributed by atoms with van der Waals surface area (Å²) in [6.45, 7) is 3.79. The van der Waals surface area contributed by atoms with Gasteiger partial charge in [0.05, 0.1) is 0 Å². The van der Waals surface area contributed by atoms with Crippen molar-refractivity contribution in [3.05, 3.63) is 24.0 Å². The molecule has 1 aliphatic carbocycles. The summed E-state index contributed by atoms with van der Waals surface area (Å²) < 4.78 is 0. The van der Waals surface area contributed by atoms with E-state index in [1.807, 2.05) is 12.1 Å². The molecule has 1 aromatic heterocycles. The normalized spacial score (nSPS) is 15.7. The number of anilines is 1. The molecule has 0 saturated heterocycles. The highest BCUT2D eigenvalue weighted by atomic mass is 16.1. The van der Waals surface area contributed by atoms with E-state index in [1.54, 1.807) is 6.20 Å². The first kappa shape index (κ1) is 15.8. The van der Waals surface area contributed by atoms with Gasteiger partial charge in [0.2, 0.25) is 0 Å². The second kappa shape index (κ2) is 8.65. The first-order valence-electron chi connectivity index (χ1n) is 8.27. The molecule has 4 heteroatoms. The summed E-state index contributed by atoms with van der Waals surface area (Å²) in [5.41, 5.74) is 1.46. The third kappa shape index (κ3) is 5.37. The van der Waals surface area contributed by atoms with E-state index < -0.39 is 0 Å². The number of aromatic nitrogens is 1. The quantitative estimate of drug-likeness (QED) is 0.806. The molecule has 1 saturated carbocycles. The topological polar surface area (TPSA) is 54.0 Å². The second-order valence-corrected chi connectivity index (χ2v) is 5.91. The Balaban J connectivity index is 1.76. The van der Waals surface area contributed by atoms with Gasteiger partial charge in [-0.15, -0.1) is 0 Å². The highest BCUT2D eigenvalue weighted by Gasteiger charge is 2.14. The van der Waals surface area contributed by atoms with E-state index in [4.69, 9.17) is 0 Å². The van der Waals surface area contributed by atoms with Gasteiger partial charge in [-0.1, -0.05) is 39.0 Å². The fraction of sp³-hybridized carbons (Fsp3) is 0.647. The van der Waals surface area contributed by atoms with E-state index in [9.17, 15) is 4.79 Å². The summed E-state index contributed by atoms with van der Waals surface area (Å²) in [5, 5.41) is 6.28. The highest BCUT2D eigenvalue weighted by Crippen LogP contribution is 2.25. The van der Waals surface area contributed by atoms with E-state index in [0.29, 0.717) is 5.69 Å². The molecular weight excluding hydrogens is 262 g/mol. The molecule has 1 heterocycles. The van der Waals surface area contributed by atoms with Gasteiger partial charge in [-0.3, -0.25) is 9.78 Å². The maximum Gasteiger partial charge on any atom is 0.269 e. The maximum absolute atomic E-state index is 12.1. The van der Waals surface area contributed by atoms with Gasteiger partial charge >= 0.3 is 0 Å². The van der Waals surface area contributed by atoms with Crippen molar-refractivity contribution < 1.29 is 4.79 Å². The molecule has 1 aromatic rings. The van der Waals surface area contributed by atoms with Gasteiger partial charge in [-0.05, 0) is 30.9 Å². The Labute approximate surface area is 127 Å². The lowest BCUT2D eigenvalue weighted by atomic mass is 9.87. The molecule has 0 atom stereocenters. The molecule has 1 aliphatic rings.